The molecule has 0 atom stereocenters. The lowest BCUT2D eigenvalue weighted by atomic mass is 10.0. The molecular weight excluding hydrogens is 324 g/mol. The van der Waals surface area contributed by atoms with E-state index >= 15 is 0 Å². The maximum atomic E-state index is 9.27. The Morgan fingerprint density at radius 2 is 1.83 bits per heavy atom. The van der Waals surface area contributed by atoms with Crippen LogP contribution in [0, 0.1) is 0 Å². The molecule has 0 aliphatic rings. The van der Waals surface area contributed by atoms with Crippen LogP contribution >= 0.6 is 11.6 Å². The number of hydrogen-bond donors (Lipinski definition) is 1. The third-order valence-electron chi connectivity index (χ3n) is 3.81. The first-order valence-electron chi connectivity index (χ1n) is 7.47. The van der Waals surface area contributed by atoms with Crippen molar-refractivity contribution in [2.45, 2.75) is 6.61 Å². The van der Waals surface area contributed by atoms with E-state index in [9.17, 15) is 5.11 Å². The zero-order valence-electron chi connectivity index (χ0n) is 12.6. The first-order chi connectivity index (χ1) is 11.8. The summed E-state index contributed by atoms with van der Waals surface area (Å²) in [6.45, 7) is -0.115. The van der Waals surface area contributed by atoms with E-state index in [4.69, 9.17) is 16.0 Å². The largest absolute Gasteiger partial charge is 0.436 e. The molecule has 0 bridgehead atoms. The summed E-state index contributed by atoms with van der Waals surface area (Å²) in [5.74, 6) is 0.486. The van der Waals surface area contributed by atoms with Gasteiger partial charge in [-0.15, -0.1) is 0 Å². The smallest absolute Gasteiger partial charge is 0.228 e. The second-order valence-electron chi connectivity index (χ2n) is 5.35. The number of fused-ring (bicyclic) bond motifs is 1. The summed E-state index contributed by atoms with van der Waals surface area (Å²) in [7, 11) is 0. The molecule has 0 saturated carbocycles. The van der Waals surface area contributed by atoms with Gasteiger partial charge in [0.05, 0.1) is 22.9 Å². The average Bonchev–Trinajstić information content (AvgIpc) is 3.06. The van der Waals surface area contributed by atoms with Gasteiger partial charge in [-0.1, -0.05) is 35.9 Å². The normalized spacial score (nSPS) is 11.1. The standard InChI is InChI=1S/C19H13ClN2O2/c20-18-14(12-8-9-21-13(10-12)11-23)4-3-5-15(18)19-22-16-6-1-2-7-17(16)24-19/h1-10,23H,11H2. The van der Waals surface area contributed by atoms with Crippen LogP contribution in [0.1, 0.15) is 5.69 Å². The van der Waals surface area contributed by atoms with Crippen LogP contribution in [0.5, 0.6) is 0 Å². The molecule has 0 fully saturated rings. The molecule has 24 heavy (non-hydrogen) atoms. The molecular formula is C19H13ClN2O2. The number of nitrogens with zero attached hydrogens (tertiary/aromatic N) is 2. The van der Waals surface area contributed by atoms with Crippen molar-refractivity contribution >= 4 is 22.7 Å². The fourth-order valence-electron chi connectivity index (χ4n) is 2.64. The van der Waals surface area contributed by atoms with E-state index in [1.807, 2.05) is 54.6 Å². The SMILES string of the molecule is OCc1cc(-c2cccc(-c3nc4ccccc4o3)c2Cl)ccn1. The Balaban J connectivity index is 1.86. The zero-order chi connectivity index (χ0) is 16.5. The molecule has 2 aromatic carbocycles. The summed E-state index contributed by atoms with van der Waals surface area (Å²) in [5.41, 5.74) is 4.56. The number of benzene rings is 2. The molecule has 4 aromatic rings. The van der Waals surface area contributed by atoms with Gasteiger partial charge in [0.1, 0.15) is 5.52 Å². The Kier molecular flexibility index (Phi) is 3.76. The Morgan fingerprint density at radius 1 is 1.00 bits per heavy atom. The summed E-state index contributed by atoms with van der Waals surface area (Å²) in [5, 5.41) is 9.83. The summed E-state index contributed by atoms with van der Waals surface area (Å²) in [4.78, 5) is 8.61. The van der Waals surface area contributed by atoms with Crippen LogP contribution < -0.4 is 0 Å². The van der Waals surface area contributed by atoms with Crippen LogP contribution in [0.4, 0.5) is 0 Å². The van der Waals surface area contributed by atoms with Gasteiger partial charge >= 0.3 is 0 Å². The Labute approximate surface area is 143 Å². The number of aliphatic hydroxyl groups excluding tert-OH is 1. The number of rotatable bonds is 3. The Hall–Kier alpha value is -2.69. The number of halogens is 1. The van der Waals surface area contributed by atoms with Gasteiger partial charge in [0.25, 0.3) is 0 Å². The second kappa shape index (κ2) is 6.07. The molecule has 2 heterocycles. The van der Waals surface area contributed by atoms with Gasteiger partial charge in [-0.2, -0.15) is 0 Å². The molecule has 0 amide bonds. The molecule has 4 nitrogen and oxygen atoms in total. The summed E-state index contributed by atoms with van der Waals surface area (Å²) < 4.78 is 5.82. The topological polar surface area (TPSA) is 59.2 Å². The quantitative estimate of drug-likeness (QED) is 0.589. The molecule has 0 radical (unpaired) electrons. The molecule has 0 aliphatic heterocycles. The van der Waals surface area contributed by atoms with E-state index in [1.165, 1.54) is 0 Å². The summed E-state index contributed by atoms with van der Waals surface area (Å²) in [6, 6.07) is 17.0. The number of aromatic nitrogens is 2. The summed E-state index contributed by atoms with van der Waals surface area (Å²) >= 11 is 6.62. The van der Waals surface area contributed by atoms with Gasteiger partial charge in [0, 0.05) is 11.8 Å². The number of para-hydroxylation sites is 2. The minimum Gasteiger partial charge on any atom is -0.436 e. The van der Waals surface area contributed by atoms with Gasteiger partial charge in [0.2, 0.25) is 5.89 Å². The molecule has 2 aromatic heterocycles. The van der Waals surface area contributed by atoms with Gasteiger partial charge in [-0.3, -0.25) is 4.98 Å². The van der Waals surface area contributed by atoms with Crippen LogP contribution in [0.15, 0.2) is 65.2 Å². The number of aliphatic hydroxyl groups is 1. The van der Waals surface area contributed by atoms with Crippen LogP contribution in [-0.4, -0.2) is 15.1 Å². The predicted molar refractivity (Wildman–Crippen MR) is 93.6 cm³/mol. The van der Waals surface area contributed by atoms with E-state index < -0.39 is 0 Å². The fourth-order valence-corrected chi connectivity index (χ4v) is 2.96. The molecule has 0 unspecified atom stereocenters. The molecule has 4 rings (SSSR count). The molecule has 118 valence electrons. The highest BCUT2D eigenvalue weighted by atomic mass is 35.5. The molecule has 0 aliphatic carbocycles. The van der Waals surface area contributed by atoms with Crippen molar-refractivity contribution in [1.82, 2.24) is 9.97 Å². The van der Waals surface area contributed by atoms with Crippen molar-refractivity contribution < 1.29 is 9.52 Å². The lowest BCUT2D eigenvalue weighted by Gasteiger charge is -2.08. The van der Waals surface area contributed by atoms with Crippen molar-refractivity contribution in [3.63, 3.8) is 0 Å². The van der Waals surface area contributed by atoms with Crippen LogP contribution in [-0.2, 0) is 6.61 Å². The molecule has 5 heteroatoms. The number of pyridine rings is 1. The second-order valence-corrected chi connectivity index (χ2v) is 5.73. The highest BCUT2D eigenvalue weighted by Crippen LogP contribution is 2.37. The van der Waals surface area contributed by atoms with Crippen molar-refractivity contribution in [2.75, 3.05) is 0 Å². The van der Waals surface area contributed by atoms with Gasteiger partial charge < -0.3 is 9.52 Å². The van der Waals surface area contributed by atoms with Gasteiger partial charge in [0.15, 0.2) is 5.58 Å². The van der Waals surface area contributed by atoms with Gasteiger partial charge in [-0.25, -0.2) is 4.98 Å². The van der Waals surface area contributed by atoms with E-state index in [-0.39, 0.29) is 6.61 Å². The first-order valence-corrected chi connectivity index (χ1v) is 7.84. The minimum absolute atomic E-state index is 0.115. The van der Waals surface area contributed by atoms with Crippen LogP contribution in [0.25, 0.3) is 33.7 Å². The minimum atomic E-state index is -0.115. The molecule has 0 spiro atoms. The van der Waals surface area contributed by atoms with E-state index in [0.29, 0.717) is 16.6 Å². The zero-order valence-corrected chi connectivity index (χ0v) is 13.4. The Bertz CT molecular complexity index is 994. The lowest BCUT2D eigenvalue weighted by Crippen LogP contribution is -1.90. The van der Waals surface area contributed by atoms with E-state index in [2.05, 4.69) is 9.97 Å². The van der Waals surface area contributed by atoms with Crippen molar-refractivity contribution in [3.05, 3.63) is 71.5 Å². The predicted octanol–water partition coefficient (Wildman–Crippen LogP) is 4.70. The van der Waals surface area contributed by atoms with Crippen molar-refractivity contribution in [2.24, 2.45) is 0 Å². The maximum Gasteiger partial charge on any atom is 0.228 e. The van der Waals surface area contributed by atoms with Crippen molar-refractivity contribution in [1.29, 1.82) is 0 Å². The fraction of sp³-hybridized carbons (Fsp3) is 0.0526. The van der Waals surface area contributed by atoms with Crippen molar-refractivity contribution in [3.8, 4) is 22.6 Å². The highest BCUT2D eigenvalue weighted by Gasteiger charge is 2.15. The molecule has 0 saturated heterocycles. The third-order valence-corrected chi connectivity index (χ3v) is 4.22. The summed E-state index contributed by atoms with van der Waals surface area (Å²) in [6.07, 6.45) is 1.66. The number of hydrogen-bond acceptors (Lipinski definition) is 4. The van der Waals surface area contributed by atoms with Crippen LogP contribution in [0.2, 0.25) is 5.02 Å². The highest BCUT2D eigenvalue weighted by molar-refractivity contribution is 6.36. The van der Waals surface area contributed by atoms with Gasteiger partial charge in [-0.05, 0) is 35.9 Å². The lowest BCUT2D eigenvalue weighted by molar-refractivity contribution is 0.277. The van der Waals surface area contributed by atoms with E-state index in [0.717, 1.165) is 27.8 Å². The van der Waals surface area contributed by atoms with Crippen LogP contribution in [0.3, 0.4) is 0 Å². The maximum absolute atomic E-state index is 9.27. The first kappa shape index (κ1) is 14.9. The Morgan fingerprint density at radius 3 is 2.67 bits per heavy atom. The van der Waals surface area contributed by atoms with E-state index in [1.54, 1.807) is 6.20 Å². The molecule has 1 N–H and O–H groups in total. The third kappa shape index (κ3) is 2.56. The average molecular weight is 337 g/mol. The monoisotopic (exact) mass is 336 g/mol. The number of oxazole rings is 1.